The van der Waals surface area contributed by atoms with Crippen LogP contribution >= 0.6 is 0 Å². The van der Waals surface area contributed by atoms with E-state index in [0.29, 0.717) is 0 Å². The molecule has 0 aromatic heterocycles. The van der Waals surface area contributed by atoms with Crippen LogP contribution in [-0.2, 0) is 4.74 Å². The summed E-state index contributed by atoms with van der Waals surface area (Å²) in [5.74, 6) is -1.80. The molecule has 0 unspecified atom stereocenters. The first kappa shape index (κ1) is 17.6. The van der Waals surface area contributed by atoms with Crippen LogP contribution in [0.15, 0.2) is 45.3 Å². The van der Waals surface area contributed by atoms with Gasteiger partial charge in [-0.05, 0) is 12.1 Å². The van der Waals surface area contributed by atoms with Crippen LogP contribution in [0.1, 0.15) is 5.56 Å². The highest BCUT2D eigenvalue weighted by molar-refractivity contribution is 6.05. The lowest BCUT2D eigenvalue weighted by atomic mass is 10.1. The molecule has 0 fully saturated rings. The predicted molar refractivity (Wildman–Crippen MR) is 72.1 cm³/mol. The Balaban J connectivity index is 2.72. The molecule has 1 heterocycles. The van der Waals surface area contributed by atoms with E-state index in [0.717, 1.165) is 0 Å². The minimum Gasteiger partial charge on any atom is -0.405 e. The molecular weight excluding hydrogens is 344 g/mol. The molecule has 1 aliphatic heterocycles. The summed E-state index contributed by atoms with van der Waals surface area (Å²) in [5, 5.41) is 0. The van der Waals surface area contributed by atoms with Crippen LogP contribution < -0.4 is 11.5 Å². The van der Waals surface area contributed by atoms with E-state index in [-0.39, 0.29) is 5.56 Å². The summed E-state index contributed by atoms with van der Waals surface area (Å²) in [4.78, 5) is 8.22. The maximum atomic E-state index is 13.2. The average molecular weight is 353 g/mol. The van der Waals surface area contributed by atoms with E-state index in [2.05, 4.69) is 15.0 Å². The number of hydrogen-bond acceptors (Lipinski definition) is 4. The Morgan fingerprint density at radius 1 is 0.958 bits per heavy atom. The fourth-order valence-corrected chi connectivity index (χ4v) is 1.72. The number of nitrogens with two attached hydrogens (primary N) is 2. The smallest absolute Gasteiger partial charge is 0.405 e. The van der Waals surface area contributed by atoms with Crippen LogP contribution in [-0.4, -0.2) is 35.9 Å². The first-order chi connectivity index (χ1) is 11.0. The lowest BCUT2D eigenvalue weighted by Crippen LogP contribution is -2.56. The normalized spacial score (nSPS) is 17.4. The first-order valence-corrected chi connectivity index (χ1v) is 6.12. The first-order valence-electron chi connectivity index (χ1n) is 6.12. The highest BCUT2D eigenvalue weighted by Gasteiger charge is 2.74. The third-order valence-electron chi connectivity index (χ3n) is 2.74. The van der Waals surface area contributed by atoms with Gasteiger partial charge >= 0.3 is 24.0 Å². The molecule has 6 nitrogen and oxygen atoms in total. The Labute approximate surface area is 130 Å². The van der Waals surface area contributed by atoms with Gasteiger partial charge < -0.3 is 16.2 Å². The fraction of sp³-hybridized carbons (Fsp3) is 0.250. The van der Waals surface area contributed by atoms with Crippen LogP contribution in [0.25, 0.3) is 0 Å². The van der Waals surface area contributed by atoms with Crippen molar-refractivity contribution in [3.63, 3.8) is 0 Å². The summed E-state index contributed by atoms with van der Waals surface area (Å²) in [5.41, 5.74) is 5.03. The van der Waals surface area contributed by atoms with Gasteiger partial charge in [-0.2, -0.15) is 36.3 Å². The van der Waals surface area contributed by atoms with E-state index in [4.69, 9.17) is 16.2 Å². The molecule has 1 aromatic carbocycles. The van der Waals surface area contributed by atoms with Gasteiger partial charge in [0, 0.05) is 5.56 Å². The van der Waals surface area contributed by atoms with Gasteiger partial charge in [0.1, 0.15) is 0 Å². The molecule has 0 atom stereocenters. The van der Waals surface area contributed by atoms with Crippen molar-refractivity contribution in [1.29, 1.82) is 0 Å². The lowest BCUT2D eigenvalue weighted by Gasteiger charge is -2.33. The van der Waals surface area contributed by atoms with Gasteiger partial charge in [-0.1, -0.05) is 18.2 Å². The van der Waals surface area contributed by atoms with Crippen molar-refractivity contribution in [3.05, 3.63) is 35.9 Å². The van der Waals surface area contributed by atoms with Crippen LogP contribution in [0.5, 0.6) is 0 Å². The molecule has 0 spiro atoms. The van der Waals surface area contributed by atoms with Crippen molar-refractivity contribution in [1.82, 2.24) is 0 Å². The molecule has 1 aromatic rings. The highest BCUT2D eigenvalue weighted by atomic mass is 19.4. The van der Waals surface area contributed by atoms with Crippen molar-refractivity contribution in [2.24, 2.45) is 26.4 Å². The second-order valence-corrected chi connectivity index (χ2v) is 4.48. The van der Waals surface area contributed by atoms with Crippen molar-refractivity contribution in [2.45, 2.75) is 18.0 Å². The summed E-state index contributed by atoms with van der Waals surface area (Å²) >= 11 is 0. The minimum atomic E-state index is -5.90. The van der Waals surface area contributed by atoms with Crippen molar-refractivity contribution >= 4 is 17.9 Å². The number of ether oxygens (including phenoxy) is 1. The molecule has 2 rings (SSSR count). The second-order valence-electron chi connectivity index (χ2n) is 4.48. The standard InChI is InChI=1S/C12H9F6N5O/c13-11(14,15)10(12(16,17)18)22-7(6-4-2-1-3-5-6)24-9(23-10)21-8(19)20/h1-5H,(H4,19,20,21,23). The van der Waals surface area contributed by atoms with E-state index in [9.17, 15) is 26.3 Å². The number of amidine groups is 1. The number of nitrogens with zero attached hydrogens (tertiary/aromatic N) is 3. The minimum absolute atomic E-state index is 0.145. The molecule has 4 N–H and O–H groups in total. The maximum absolute atomic E-state index is 13.2. The molecule has 0 bridgehead atoms. The van der Waals surface area contributed by atoms with Gasteiger partial charge in [0.15, 0.2) is 5.96 Å². The largest absolute Gasteiger partial charge is 0.443 e. The van der Waals surface area contributed by atoms with E-state index >= 15 is 0 Å². The van der Waals surface area contributed by atoms with Crippen molar-refractivity contribution in [2.75, 3.05) is 0 Å². The summed E-state index contributed by atoms with van der Waals surface area (Å²) < 4.78 is 83.9. The summed E-state index contributed by atoms with van der Waals surface area (Å²) in [6, 6.07) is 5.34. The topological polar surface area (TPSA) is 98.4 Å². The highest BCUT2D eigenvalue weighted by Crippen LogP contribution is 2.48. The number of aliphatic imine (C=N–C) groups is 3. The van der Waals surface area contributed by atoms with E-state index in [1.54, 1.807) is 0 Å². The third kappa shape index (κ3) is 3.12. The number of halogens is 6. The number of alkyl halides is 6. The van der Waals surface area contributed by atoms with Gasteiger partial charge in [-0.15, -0.1) is 0 Å². The van der Waals surface area contributed by atoms with Gasteiger partial charge in [0.05, 0.1) is 0 Å². The molecule has 0 saturated carbocycles. The van der Waals surface area contributed by atoms with Crippen LogP contribution in [0, 0.1) is 0 Å². The zero-order valence-corrected chi connectivity index (χ0v) is 11.6. The Hall–Kier alpha value is -2.79. The molecule has 1 aliphatic rings. The monoisotopic (exact) mass is 353 g/mol. The molecule has 0 aliphatic carbocycles. The average Bonchev–Trinajstić information content (AvgIpc) is 2.44. The van der Waals surface area contributed by atoms with Crippen LogP contribution in [0.4, 0.5) is 26.3 Å². The Morgan fingerprint density at radius 2 is 1.50 bits per heavy atom. The predicted octanol–water partition coefficient (Wildman–Crippen LogP) is 1.91. The third-order valence-corrected chi connectivity index (χ3v) is 2.74. The molecule has 0 amide bonds. The van der Waals surface area contributed by atoms with Crippen molar-refractivity contribution < 1.29 is 31.1 Å². The molecule has 0 saturated heterocycles. The van der Waals surface area contributed by atoms with Crippen LogP contribution in [0.3, 0.4) is 0 Å². The molecule has 12 heteroatoms. The number of hydrogen-bond donors (Lipinski definition) is 2. The van der Waals surface area contributed by atoms with Gasteiger partial charge in [-0.3, -0.25) is 0 Å². The Kier molecular flexibility index (Phi) is 4.16. The van der Waals surface area contributed by atoms with Crippen molar-refractivity contribution in [3.8, 4) is 0 Å². The summed E-state index contributed by atoms with van der Waals surface area (Å²) in [6.45, 7) is 0. The summed E-state index contributed by atoms with van der Waals surface area (Å²) in [7, 11) is 0. The Morgan fingerprint density at radius 3 is 1.96 bits per heavy atom. The molecular formula is C12H9F6N5O. The SMILES string of the molecule is NC(N)=NC1=NC(C(F)(F)F)(C(F)(F)F)N=C(c2ccccc2)O1. The van der Waals surface area contributed by atoms with Gasteiger partial charge in [-0.25, -0.2) is 4.99 Å². The Bertz CT molecular complexity index is 689. The quantitative estimate of drug-likeness (QED) is 0.458. The summed E-state index contributed by atoms with van der Waals surface area (Å²) in [6.07, 6.45) is -11.8. The fourth-order valence-electron chi connectivity index (χ4n) is 1.72. The van der Waals surface area contributed by atoms with E-state index in [1.165, 1.54) is 30.3 Å². The number of rotatable bonds is 1. The van der Waals surface area contributed by atoms with E-state index in [1.807, 2.05) is 0 Å². The maximum Gasteiger partial charge on any atom is 0.443 e. The molecule has 130 valence electrons. The zero-order chi connectivity index (χ0) is 18.2. The second kappa shape index (κ2) is 5.69. The molecule has 24 heavy (non-hydrogen) atoms. The van der Waals surface area contributed by atoms with E-state index < -0.39 is 35.9 Å². The van der Waals surface area contributed by atoms with Gasteiger partial charge in [0.2, 0.25) is 5.90 Å². The zero-order valence-electron chi connectivity index (χ0n) is 11.6. The number of guanidine groups is 1. The van der Waals surface area contributed by atoms with Gasteiger partial charge in [0.25, 0.3) is 0 Å². The molecule has 0 radical (unpaired) electrons. The lowest BCUT2D eigenvalue weighted by molar-refractivity contribution is -0.293. The van der Waals surface area contributed by atoms with Crippen LogP contribution in [0.2, 0.25) is 0 Å². The number of benzene rings is 1.